The summed E-state index contributed by atoms with van der Waals surface area (Å²) in [6.45, 7) is 0. The minimum atomic E-state index is -0.435. The van der Waals surface area contributed by atoms with Gasteiger partial charge >= 0.3 is 0 Å². The van der Waals surface area contributed by atoms with Crippen molar-refractivity contribution in [2.24, 2.45) is 4.99 Å². The van der Waals surface area contributed by atoms with Gasteiger partial charge in [-0.05, 0) is 31.0 Å². The van der Waals surface area contributed by atoms with E-state index in [-0.39, 0.29) is 23.1 Å². The average molecular weight is 459 g/mol. The minimum absolute atomic E-state index is 0.0617. The molecule has 2 N–H and O–H groups in total. The second-order valence-corrected chi connectivity index (χ2v) is 8.17. The van der Waals surface area contributed by atoms with Crippen LogP contribution in [0.3, 0.4) is 0 Å². The van der Waals surface area contributed by atoms with E-state index in [9.17, 15) is 14.9 Å². The zero-order valence-electron chi connectivity index (χ0n) is 19.2. The van der Waals surface area contributed by atoms with Crippen molar-refractivity contribution in [3.05, 3.63) is 64.7 Å². The molecule has 0 radical (unpaired) electrons. The molecule has 2 aromatic rings. The van der Waals surface area contributed by atoms with Crippen LogP contribution in [0.25, 0.3) is 5.70 Å². The molecule has 34 heavy (non-hydrogen) atoms. The first kappa shape index (κ1) is 23.1. The molecule has 1 heterocycles. The zero-order valence-corrected chi connectivity index (χ0v) is 19.2. The summed E-state index contributed by atoms with van der Waals surface area (Å²) in [5, 5.41) is 15.6. The number of nitriles is 1. The maximum atomic E-state index is 13.0. The molecule has 0 saturated heterocycles. The fourth-order valence-corrected chi connectivity index (χ4v) is 4.29. The average Bonchev–Trinajstić information content (AvgIpc) is 3.22. The van der Waals surface area contributed by atoms with Crippen molar-refractivity contribution < 1.29 is 19.1 Å². The maximum Gasteiger partial charge on any atom is 0.264 e. The van der Waals surface area contributed by atoms with Crippen LogP contribution in [-0.4, -0.2) is 37.9 Å². The quantitative estimate of drug-likeness (QED) is 0.525. The molecule has 2 aliphatic rings. The smallest absolute Gasteiger partial charge is 0.264 e. The van der Waals surface area contributed by atoms with Gasteiger partial charge in [0.25, 0.3) is 11.8 Å². The molecular formula is C26H26N4O4. The van der Waals surface area contributed by atoms with Crippen LogP contribution in [0, 0.1) is 11.3 Å². The molecule has 0 spiro atoms. The first-order chi connectivity index (χ1) is 16.5. The number of hydrogen-bond donors (Lipinski definition) is 2. The molecule has 0 bridgehead atoms. The van der Waals surface area contributed by atoms with Crippen LogP contribution in [0.1, 0.15) is 53.6 Å². The van der Waals surface area contributed by atoms with Crippen molar-refractivity contribution in [3.63, 3.8) is 0 Å². The first-order valence-electron chi connectivity index (χ1n) is 11.2. The fraction of sp³-hybridized carbons (Fsp3) is 0.308. The number of amidine groups is 1. The van der Waals surface area contributed by atoms with E-state index in [4.69, 9.17) is 9.47 Å². The number of nitrogens with one attached hydrogen (secondary N) is 2. The summed E-state index contributed by atoms with van der Waals surface area (Å²) in [5.74, 6) is 0.381. The molecule has 1 aliphatic heterocycles. The van der Waals surface area contributed by atoms with E-state index in [1.165, 1.54) is 20.6 Å². The monoisotopic (exact) mass is 458 g/mol. The zero-order chi connectivity index (χ0) is 24.1. The van der Waals surface area contributed by atoms with E-state index >= 15 is 0 Å². The first-order valence-corrected chi connectivity index (χ1v) is 11.2. The number of benzene rings is 2. The lowest BCUT2D eigenvalue weighted by atomic mass is 9.95. The van der Waals surface area contributed by atoms with Gasteiger partial charge in [0, 0.05) is 22.7 Å². The van der Waals surface area contributed by atoms with Crippen molar-refractivity contribution in [3.8, 4) is 17.6 Å². The molecule has 1 aliphatic carbocycles. The Hall–Kier alpha value is -4.12. The molecule has 174 valence electrons. The number of carbonyl (C=O) groups is 2. The highest BCUT2D eigenvalue weighted by Crippen LogP contribution is 2.32. The van der Waals surface area contributed by atoms with Gasteiger partial charge in [0.05, 0.1) is 19.9 Å². The number of ether oxygens (including phenoxy) is 2. The predicted octanol–water partition coefficient (Wildman–Crippen LogP) is 3.58. The van der Waals surface area contributed by atoms with Crippen LogP contribution in [0.4, 0.5) is 0 Å². The molecule has 2 amide bonds. The number of fused-ring (bicyclic) bond motifs is 1. The Morgan fingerprint density at radius 3 is 2.38 bits per heavy atom. The summed E-state index contributed by atoms with van der Waals surface area (Å²) in [4.78, 5) is 30.4. The lowest BCUT2D eigenvalue weighted by Crippen LogP contribution is -2.37. The van der Waals surface area contributed by atoms with Crippen LogP contribution >= 0.6 is 0 Å². The molecular weight excluding hydrogens is 432 g/mol. The lowest BCUT2D eigenvalue weighted by molar-refractivity contribution is -0.117. The molecule has 8 nitrogen and oxygen atoms in total. The minimum Gasteiger partial charge on any atom is -0.493 e. The van der Waals surface area contributed by atoms with Gasteiger partial charge in [0.1, 0.15) is 17.5 Å². The predicted molar refractivity (Wildman–Crippen MR) is 128 cm³/mol. The summed E-state index contributed by atoms with van der Waals surface area (Å²) in [6.07, 6.45) is 5.12. The van der Waals surface area contributed by atoms with Gasteiger partial charge in [-0.15, -0.1) is 0 Å². The third-order valence-corrected chi connectivity index (χ3v) is 6.05. The second-order valence-electron chi connectivity index (χ2n) is 8.17. The summed E-state index contributed by atoms with van der Waals surface area (Å²) >= 11 is 0. The topological polar surface area (TPSA) is 113 Å². The van der Waals surface area contributed by atoms with E-state index in [0.29, 0.717) is 28.2 Å². The van der Waals surface area contributed by atoms with Gasteiger partial charge in [-0.1, -0.05) is 43.5 Å². The second kappa shape index (κ2) is 10.2. The third kappa shape index (κ3) is 4.64. The summed E-state index contributed by atoms with van der Waals surface area (Å²) < 4.78 is 10.5. The molecule has 4 rings (SSSR count). The summed E-state index contributed by atoms with van der Waals surface area (Å²) in [6, 6.07) is 14.1. The van der Waals surface area contributed by atoms with E-state index in [1.807, 2.05) is 18.2 Å². The largest absolute Gasteiger partial charge is 0.493 e. The standard InChI is InChI=1S/C26H26N4O4/c1-33-21-13-12-16(14-22(21)34-2)25(31)30-24-19-11-7-6-10-18(19)23(29-24)20(15-27)26(32)28-17-8-4-3-5-9-17/h6-7,10-14,17H,3-5,8-9H2,1-2H3,(H,28,32)(H,29,30,31)/b23-20-. The Kier molecular flexibility index (Phi) is 6.93. The van der Waals surface area contributed by atoms with Crippen molar-refractivity contribution in [1.29, 1.82) is 5.26 Å². The number of hydrogen-bond acceptors (Lipinski definition) is 6. The van der Waals surface area contributed by atoms with Crippen molar-refractivity contribution in [2.45, 2.75) is 38.1 Å². The molecule has 8 heteroatoms. The molecule has 0 aromatic heterocycles. The van der Waals surface area contributed by atoms with Crippen molar-refractivity contribution in [1.82, 2.24) is 10.6 Å². The van der Waals surface area contributed by atoms with E-state index < -0.39 is 11.8 Å². The number of aliphatic imine (C=N–C) groups is 1. The molecule has 0 unspecified atom stereocenters. The Morgan fingerprint density at radius 1 is 1.00 bits per heavy atom. The summed E-state index contributed by atoms with van der Waals surface area (Å²) in [5.41, 5.74) is 1.82. The number of carbonyl (C=O) groups excluding carboxylic acids is 2. The number of nitrogens with zero attached hydrogens (tertiary/aromatic N) is 2. The van der Waals surface area contributed by atoms with Gasteiger partial charge in [-0.2, -0.15) is 5.26 Å². The molecule has 2 aromatic carbocycles. The van der Waals surface area contributed by atoms with Crippen LogP contribution < -0.4 is 20.1 Å². The number of rotatable bonds is 5. The van der Waals surface area contributed by atoms with E-state index in [1.54, 1.807) is 30.3 Å². The van der Waals surface area contributed by atoms with Gasteiger partial charge in [0.2, 0.25) is 0 Å². The Bertz CT molecular complexity index is 1220. The third-order valence-electron chi connectivity index (χ3n) is 6.05. The van der Waals surface area contributed by atoms with Gasteiger partial charge < -0.3 is 20.1 Å². The highest BCUT2D eigenvalue weighted by atomic mass is 16.5. The van der Waals surface area contributed by atoms with Gasteiger partial charge in [0.15, 0.2) is 11.5 Å². The molecule has 1 saturated carbocycles. The fourth-order valence-electron chi connectivity index (χ4n) is 4.29. The van der Waals surface area contributed by atoms with Gasteiger partial charge in [-0.25, -0.2) is 4.99 Å². The Balaban J connectivity index is 1.64. The number of amides is 2. The van der Waals surface area contributed by atoms with E-state index in [2.05, 4.69) is 15.6 Å². The maximum absolute atomic E-state index is 13.0. The van der Waals surface area contributed by atoms with Crippen LogP contribution in [-0.2, 0) is 4.79 Å². The Labute approximate surface area is 198 Å². The highest BCUT2D eigenvalue weighted by Gasteiger charge is 2.28. The summed E-state index contributed by atoms with van der Waals surface area (Å²) in [7, 11) is 3.02. The SMILES string of the molecule is COc1ccc(C(=O)NC2=N/C(=C(/C#N)C(=O)NC3CCCCC3)c3ccccc32)cc1OC. The van der Waals surface area contributed by atoms with Crippen molar-refractivity contribution >= 4 is 23.3 Å². The Morgan fingerprint density at radius 2 is 1.71 bits per heavy atom. The molecule has 0 atom stereocenters. The van der Waals surface area contributed by atoms with Crippen LogP contribution in [0.2, 0.25) is 0 Å². The van der Waals surface area contributed by atoms with E-state index in [0.717, 1.165) is 25.7 Å². The highest BCUT2D eigenvalue weighted by molar-refractivity contribution is 6.20. The van der Waals surface area contributed by atoms with Crippen LogP contribution in [0.15, 0.2) is 53.0 Å². The van der Waals surface area contributed by atoms with Gasteiger partial charge in [-0.3, -0.25) is 9.59 Å². The normalized spacial score (nSPS) is 16.6. The van der Waals surface area contributed by atoms with Crippen LogP contribution in [0.5, 0.6) is 11.5 Å². The lowest BCUT2D eigenvalue weighted by Gasteiger charge is -2.22. The molecule has 1 fully saturated rings. The van der Waals surface area contributed by atoms with Crippen molar-refractivity contribution in [2.75, 3.05) is 14.2 Å². The number of methoxy groups -OCH3 is 2.